The molecule has 0 N–H and O–H groups in total. The zero-order chi connectivity index (χ0) is 13.8. The van der Waals surface area contributed by atoms with E-state index in [0.717, 1.165) is 18.2 Å². The molecule has 0 aromatic carbocycles. The first-order chi connectivity index (χ1) is 8.24. The molecule has 0 radical (unpaired) electrons. The smallest absolute Gasteiger partial charge is 0.212 e. The lowest BCUT2D eigenvalue weighted by Crippen LogP contribution is -2.40. The summed E-state index contributed by atoms with van der Waals surface area (Å²) in [4.78, 5) is 0. The van der Waals surface area contributed by atoms with Crippen LogP contribution in [0.25, 0.3) is 0 Å². The van der Waals surface area contributed by atoms with Gasteiger partial charge < -0.3 is 0 Å². The highest BCUT2D eigenvalue weighted by Gasteiger charge is 2.30. The van der Waals surface area contributed by atoms with Crippen molar-refractivity contribution in [3.63, 3.8) is 0 Å². The van der Waals surface area contributed by atoms with E-state index >= 15 is 0 Å². The van der Waals surface area contributed by atoms with Crippen molar-refractivity contribution in [1.82, 2.24) is 4.31 Å². The van der Waals surface area contributed by atoms with Crippen LogP contribution < -0.4 is 0 Å². The lowest BCUT2D eigenvalue weighted by Gasteiger charge is -2.30. The largest absolute Gasteiger partial charge is 0.389 e. The van der Waals surface area contributed by atoms with E-state index in [1.54, 1.807) is 0 Å². The van der Waals surface area contributed by atoms with Crippen molar-refractivity contribution in [1.29, 1.82) is 0 Å². The number of hydrogen-bond acceptors (Lipinski definition) is 2. The van der Waals surface area contributed by atoms with Crippen molar-refractivity contribution < 1.29 is 21.6 Å². The van der Waals surface area contributed by atoms with Gasteiger partial charge in [-0.05, 0) is 25.2 Å². The first kappa shape index (κ1) is 16.2. The van der Waals surface area contributed by atoms with Crippen LogP contribution >= 0.6 is 15.9 Å². The molecule has 18 heavy (non-hydrogen) atoms. The van der Waals surface area contributed by atoms with Crippen LogP contribution in [0.4, 0.5) is 13.2 Å². The van der Waals surface area contributed by atoms with Gasteiger partial charge in [0.25, 0.3) is 0 Å². The van der Waals surface area contributed by atoms with E-state index in [4.69, 9.17) is 0 Å². The second kappa shape index (κ2) is 6.56. The first-order valence-corrected chi connectivity index (χ1v) is 8.58. The van der Waals surface area contributed by atoms with Crippen LogP contribution in [-0.2, 0) is 10.0 Å². The molecule has 0 saturated carbocycles. The zero-order valence-electron chi connectivity index (χ0n) is 9.92. The van der Waals surface area contributed by atoms with Gasteiger partial charge in [0.15, 0.2) is 0 Å². The molecule has 8 heteroatoms. The maximum Gasteiger partial charge on any atom is 0.389 e. The predicted molar refractivity (Wildman–Crippen MR) is 67.2 cm³/mol. The maximum atomic E-state index is 12.0. The molecular weight excluding hydrogens is 335 g/mol. The fraction of sp³-hybridized carbons (Fsp3) is 1.00. The third-order valence-electron chi connectivity index (χ3n) is 3.05. The summed E-state index contributed by atoms with van der Waals surface area (Å²) in [6, 6.07) is 0. The van der Waals surface area contributed by atoms with Crippen LogP contribution in [0.3, 0.4) is 0 Å². The number of piperidine rings is 1. The van der Waals surface area contributed by atoms with Gasteiger partial charge >= 0.3 is 6.18 Å². The highest BCUT2D eigenvalue weighted by Crippen LogP contribution is 2.24. The Morgan fingerprint density at radius 2 is 1.78 bits per heavy atom. The van der Waals surface area contributed by atoms with Crippen molar-refractivity contribution in [2.75, 3.05) is 24.2 Å². The van der Waals surface area contributed by atoms with Crippen LogP contribution in [0.5, 0.6) is 0 Å². The van der Waals surface area contributed by atoms with Crippen LogP contribution in [0.15, 0.2) is 0 Å². The molecule has 108 valence electrons. The van der Waals surface area contributed by atoms with Crippen LogP contribution in [0.1, 0.15) is 25.7 Å². The number of halogens is 4. The molecule has 0 aliphatic carbocycles. The topological polar surface area (TPSA) is 37.4 Å². The Morgan fingerprint density at radius 3 is 2.22 bits per heavy atom. The molecule has 0 aromatic heterocycles. The van der Waals surface area contributed by atoms with E-state index in [9.17, 15) is 21.6 Å². The van der Waals surface area contributed by atoms with Crippen molar-refractivity contribution >= 4 is 26.0 Å². The van der Waals surface area contributed by atoms with Crippen LogP contribution in [0.2, 0.25) is 0 Å². The molecule has 0 spiro atoms. The quantitative estimate of drug-likeness (QED) is 0.714. The minimum Gasteiger partial charge on any atom is -0.212 e. The Hall–Kier alpha value is 0.180. The van der Waals surface area contributed by atoms with E-state index in [0.29, 0.717) is 19.0 Å². The van der Waals surface area contributed by atoms with Crippen LogP contribution in [-0.4, -0.2) is 43.1 Å². The minimum absolute atomic E-state index is 0.357. The number of rotatable bonds is 5. The highest BCUT2D eigenvalue weighted by molar-refractivity contribution is 9.09. The maximum absolute atomic E-state index is 12.0. The van der Waals surface area contributed by atoms with E-state index in [-0.39, 0.29) is 6.42 Å². The first-order valence-electron chi connectivity index (χ1n) is 5.85. The predicted octanol–water partition coefficient (Wildman–Crippen LogP) is 2.77. The molecular formula is C10H17BrF3NO2S. The average Bonchev–Trinajstić information content (AvgIpc) is 2.27. The number of nitrogens with zero attached hydrogens (tertiary/aromatic N) is 1. The molecule has 0 bridgehead atoms. The number of hydrogen-bond donors (Lipinski definition) is 0. The summed E-state index contributed by atoms with van der Waals surface area (Å²) in [6.07, 6.45) is -4.14. The van der Waals surface area contributed by atoms with Gasteiger partial charge in [0.2, 0.25) is 10.0 Å². The Labute approximate surface area is 114 Å². The third kappa shape index (κ3) is 5.44. The van der Waals surface area contributed by atoms with Gasteiger partial charge in [-0.1, -0.05) is 15.9 Å². The second-order valence-corrected chi connectivity index (χ2v) is 7.27. The summed E-state index contributed by atoms with van der Waals surface area (Å²) in [5, 5.41) is 0.842. The van der Waals surface area contributed by atoms with Gasteiger partial charge in [-0.15, -0.1) is 0 Å². The Kier molecular flexibility index (Phi) is 5.92. The minimum atomic E-state index is -4.28. The van der Waals surface area contributed by atoms with E-state index < -0.39 is 28.4 Å². The molecule has 0 aromatic rings. The molecule has 1 heterocycles. The van der Waals surface area contributed by atoms with E-state index in [2.05, 4.69) is 15.9 Å². The molecule has 0 atom stereocenters. The van der Waals surface area contributed by atoms with Crippen molar-refractivity contribution in [2.24, 2.45) is 5.92 Å². The average molecular weight is 352 g/mol. The van der Waals surface area contributed by atoms with Crippen molar-refractivity contribution in [2.45, 2.75) is 31.9 Å². The van der Waals surface area contributed by atoms with Gasteiger partial charge in [-0.2, -0.15) is 13.2 Å². The molecule has 3 nitrogen and oxygen atoms in total. The second-order valence-electron chi connectivity index (χ2n) is 4.53. The summed E-state index contributed by atoms with van der Waals surface area (Å²) in [5.74, 6) is 0.0532. The van der Waals surface area contributed by atoms with Gasteiger partial charge in [-0.25, -0.2) is 12.7 Å². The SMILES string of the molecule is O=S(=O)(CCCC(F)(F)F)N1CCC(CBr)CC1. The zero-order valence-corrected chi connectivity index (χ0v) is 12.3. The summed E-state index contributed by atoms with van der Waals surface area (Å²) >= 11 is 3.35. The lowest BCUT2D eigenvalue weighted by molar-refractivity contribution is -0.134. The van der Waals surface area contributed by atoms with Crippen molar-refractivity contribution in [3.05, 3.63) is 0 Å². The third-order valence-corrected chi connectivity index (χ3v) is 5.92. The highest BCUT2D eigenvalue weighted by atomic mass is 79.9. The monoisotopic (exact) mass is 351 g/mol. The van der Waals surface area contributed by atoms with Crippen LogP contribution in [0, 0.1) is 5.92 Å². The van der Waals surface area contributed by atoms with Crippen molar-refractivity contribution in [3.8, 4) is 0 Å². The van der Waals surface area contributed by atoms with E-state index in [1.165, 1.54) is 4.31 Å². The van der Waals surface area contributed by atoms with Gasteiger partial charge in [-0.3, -0.25) is 0 Å². The summed E-state index contributed by atoms with van der Waals surface area (Å²) in [7, 11) is -3.52. The summed E-state index contributed by atoms with van der Waals surface area (Å²) in [6.45, 7) is 0.842. The van der Waals surface area contributed by atoms with Gasteiger partial charge in [0.05, 0.1) is 5.75 Å². The Morgan fingerprint density at radius 1 is 1.22 bits per heavy atom. The normalized spacial score (nSPS) is 20.2. The lowest BCUT2D eigenvalue weighted by atomic mass is 10.0. The molecule has 1 rings (SSSR count). The Balaban J connectivity index is 2.40. The summed E-state index contributed by atoms with van der Waals surface area (Å²) < 4.78 is 60.8. The number of alkyl halides is 4. The fourth-order valence-electron chi connectivity index (χ4n) is 1.93. The van der Waals surface area contributed by atoms with E-state index in [1.807, 2.05) is 0 Å². The fourth-order valence-corrected chi connectivity index (χ4v) is 4.11. The molecule has 0 amide bonds. The molecule has 1 aliphatic rings. The molecule has 1 aliphatic heterocycles. The van der Waals surface area contributed by atoms with Gasteiger partial charge in [0.1, 0.15) is 0 Å². The standard InChI is InChI=1S/C10H17BrF3NO2S/c11-8-9-2-5-15(6-3-9)18(16,17)7-1-4-10(12,13)14/h9H,1-8H2. The molecule has 1 saturated heterocycles. The molecule has 1 fully saturated rings. The molecule has 0 unspecified atom stereocenters. The Bertz CT molecular complexity index is 351. The van der Waals surface area contributed by atoms with Gasteiger partial charge in [0, 0.05) is 24.8 Å². The summed E-state index contributed by atoms with van der Waals surface area (Å²) in [5.41, 5.74) is 0. The number of sulfonamides is 1.